The molecule has 3 rings (SSSR count). The Morgan fingerprint density at radius 1 is 1.23 bits per heavy atom. The summed E-state index contributed by atoms with van der Waals surface area (Å²) in [6.07, 6.45) is 2.10. The van der Waals surface area contributed by atoms with Crippen molar-refractivity contribution in [3.8, 4) is 5.75 Å². The molecule has 0 unspecified atom stereocenters. The van der Waals surface area contributed by atoms with Gasteiger partial charge in [0.2, 0.25) is 0 Å². The summed E-state index contributed by atoms with van der Waals surface area (Å²) in [6, 6.07) is 10.8. The van der Waals surface area contributed by atoms with E-state index in [0.29, 0.717) is 17.7 Å². The number of aromatic amines is 1. The number of aryl methyl sites for hydroxylation is 2. The molecule has 6 nitrogen and oxygen atoms in total. The molecule has 3 aromatic rings. The summed E-state index contributed by atoms with van der Waals surface area (Å²) in [5.74, 6) is 0.580. The Morgan fingerprint density at radius 2 is 2.04 bits per heavy atom. The largest absolute Gasteiger partial charge is 0.494 e. The van der Waals surface area contributed by atoms with Crippen LogP contribution in [0.5, 0.6) is 5.75 Å². The summed E-state index contributed by atoms with van der Waals surface area (Å²) in [4.78, 5) is 27.0. The molecule has 1 amide bonds. The summed E-state index contributed by atoms with van der Waals surface area (Å²) in [6.45, 7) is 4.74. The van der Waals surface area contributed by atoms with Gasteiger partial charge in [-0.1, -0.05) is 13.3 Å². The van der Waals surface area contributed by atoms with Crippen LogP contribution >= 0.6 is 0 Å². The van der Waals surface area contributed by atoms with Crippen molar-refractivity contribution < 1.29 is 9.53 Å². The molecule has 26 heavy (non-hydrogen) atoms. The van der Waals surface area contributed by atoms with Crippen LogP contribution in [0.15, 0.2) is 41.2 Å². The van der Waals surface area contributed by atoms with Gasteiger partial charge in [0, 0.05) is 18.3 Å². The maximum atomic E-state index is 12.6. The lowest BCUT2D eigenvalue weighted by Gasteiger charge is -2.11. The van der Waals surface area contributed by atoms with Crippen LogP contribution in [0.4, 0.5) is 5.69 Å². The Kier molecular flexibility index (Phi) is 5.11. The van der Waals surface area contributed by atoms with E-state index in [1.165, 1.54) is 4.57 Å². The minimum absolute atomic E-state index is 0.202. The molecule has 0 saturated heterocycles. The number of nitrogens with zero attached hydrogens (tertiary/aromatic N) is 1. The van der Waals surface area contributed by atoms with E-state index < -0.39 is 0 Å². The molecule has 6 heteroatoms. The molecular formula is C20H23N3O3. The Bertz CT molecular complexity index is 1000. The van der Waals surface area contributed by atoms with Gasteiger partial charge in [0.1, 0.15) is 5.75 Å². The van der Waals surface area contributed by atoms with Crippen molar-refractivity contribution in [2.45, 2.75) is 26.7 Å². The summed E-state index contributed by atoms with van der Waals surface area (Å²) in [5, 5.41) is 2.91. The fourth-order valence-corrected chi connectivity index (χ4v) is 2.77. The maximum Gasteiger partial charge on any atom is 0.326 e. The molecule has 0 bridgehead atoms. The summed E-state index contributed by atoms with van der Waals surface area (Å²) < 4.78 is 7.20. The fraction of sp³-hybridized carbons (Fsp3) is 0.300. The summed E-state index contributed by atoms with van der Waals surface area (Å²) in [7, 11) is 1.69. The molecule has 136 valence electrons. The van der Waals surface area contributed by atoms with E-state index in [2.05, 4.69) is 17.2 Å². The molecule has 0 saturated carbocycles. The van der Waals surface area contributed by atoms with Gasteiger partial charge in [0.05, 0.1) is 17.6 Å². The van der Waals surface area contributed by atoms with E-state index in [4.69, 9.17) is 4.74 Å². The maximum absolute atomic E-state index is 12.6. The second-order valence-electron chi connectivity index (χ2n) is 6.35. The number of hydrogen-bond acceptors (Lipinski definition) is 3. The molecule has 0 spiro atoms. The zero-order valence-corrected chi connectivity index (χ0v) is 15.3. The highest BCUT2D eigenvalue weighted by Crippen LogP contribution is 2.22. The number of benzene rings is 2. The number of carbonyl (C=O) groups excluding carboxylic acids is 1. The van der Waals surface area contributed by atoms with Crippen LogP contribution in [0.2, 0.25) is 0 Å². The quantitative estimate of drug-likeness (QED) is 0.665. The van der Waals surface area contributed by atoms with Gasteiger partial charge >= 0.3 is 5.69 Å². The molecule has 0 aliphatic heterocycles. The number of nitrogens with one attached hydrogen (secondary N) is 2. The van der Waals surface area contributed by atoms with E-state index in [-0.39, 0.29) is 11.6 Å². The molecular weight excluding hydrogens is 330 g/mol. The standard InChI is InChI=1S/C20H23N3O3/c1-4-5-10-26-15-7-8-16(13(2)11-15)21-19(24)14-6-9-18-17(12-14)22-20(25)23(18)3/h6-9,11-12H,4-5,10H2,1-3H3,(H,21,24)(H,22,25). The van der Waals surface area contributed by atoms with Gasteiger partial charge in [-0.3, -0.25) is 9.36 Å². The van der Waals surface area contributed by atoms with Crippen molar-refractivity contribution in [3.63, 3.8) is 0 Å². The third-order valence-corrected chi connectivity index (χ3v) is 4.38. The Morgan fingerprint density at radius 3 is 2.77 bits per heavy atom. The van der Waals surface area contributed by atoms with Gasteiger partial charge in [0.15, 0.2) is 0 Å². The first-order valence-electron chi connectivity index (χ1n) is 8.73. The first-order valence-corrected chi connectivity index (χ1v) is 8.73. The van der Waals surface area contributed by atoms with Crippen molar-refractivity contribution in [2.75, 3.05) is 11.9 Å². The van der Waals surface area contributed by atoms with Crippen molar-refractivity contribution in [3.05, 3.63) is 58.0 Å². The van der Waals surface area contributed by atoms with E-state index in [9.17, 15) is 9.59 Å². The van der Waals surface area contributed by atoms with Gasteiger partial charge in [-0.25, -0.2) is 4.79 Å². The highest BCUT2D eigenvalue weighted by Gasteiger charge is 2.11. The third-order valence-electron chi connectivity index (χ3n) is 4.38. The molecule has 0 atom stereocenters. The van der Waals surface area contributed by atoms with E-state index in [1.54, 1.807) is 25.2 Å². The van der Waals surface area contributed by atoms with Crippen molar-refractivity contribution >= 4 is 22.6 Å². The van der Waals surface area contributed by atoms with Gasteiger partial charge in [-0.2, -0.15) is 0 Å². The van der Waals surface area contributed by atoms with Gasteiger partial charge in [0.25, 0.3) is 5.91 Å². The molecule has 0 radical (unpaired) electrons. The molecule has 0 aliphatic rings. The smallest absolute Gasteiger partial charge is 0.326 e. The van der Waals surface area contributed by atoms with Crippen LogP contribution in [0.1, 0.15) is 35.7 Å². The number of carbonyl (C=O) groups is 1. The second-order valence-corrected chi connectivity index (χ2v) is 6.35. The molecule has 1 aromatic heterocycles. The number of aromatic nitrogens is 2. The highest BCUT2D eigenvalue weighted by atomic mass is 16.5. The normalized spacial score (nSPS) is 10.9. The summed E-state index contributed by atoms with van der Waals surface area (Å²) in [5.41, 5.74) is 3.35. The molecule has 2 aromatic carbocycles. The number of rotatable bonds is 6. The lowest BCUT2D eigenvalue weighted by molar-refractivity contribution is 0.102. The SMILES string of the molecule is CCCCOc1ccc(NC(=O)c2ccc3c(c2)[nH]c(=O)n3C)c(C)c1. The molecule has 1 heterocycles. The first-order chi connectivity index (χ1) is 12.5. The number of ether oxygens (including phenoxy) is 1. The fourth-order valence-electron chi connectivity index (χ4n) is 2.77. The van der Waals surface area contributed by atoms with Crippen LogP contribution in [0.25, 0.3) is 11.0 Å². The van der Waals surface area contributed by atoms with Crippen LogP contribution in [0, 0.1) is 6.92 Å². The highest BCUT2D eigenvalue weighted by molar-refractivity contribution is 6.06. The Balaban J connectivity index is 1.76. The van der Waals surface area contributed by atoms with Crippen LogP contribution < -0.4 is 15.7 Å². The average molecular weight is 353 g/mol. The van der Waals surface area contributed by atoms with E-state index in [0.717, 1.165) is 35.4 Å². The number of fused-ring (bicyclic) bond motifs is 1. The zero-order valence-electron chi connectivity index (χ0n) is 15.3. The van der Waals surface area contributed by atoms with Crippen LogP contribution in [-0.2, 0) is 7.05 Å². The lowest BCUT2D eigenvalue weighted by Crippen LogP contribution is -2.13. The van der Waals surface area contributed by atoms with Gasteiger partial charge in [-0.05, 0) is 55.3 Å². The minimum atomic E-state index is -0.223. The predicted molar refractivity (Wildman–Crippen MR) is 103 cm³/mol. The van der Waals surface area contributed by atoms with Gasteiger partial charge in [-0.15, -0.1) is 0 Å². The zero-order chi connectivity index (χ0) is 18.7. The van der Waals surface area contributed by atoms with E-state index >= 15 is 0 Å². The average Bonchev–Trinajstić information content (AvgIpc) is 2.91. The number of anilines is 1. The van der Waals surface area contributed by atoms with Crippen LogP contribution in [-0.4, -0.2) is 22.1 Å². The van der Waals surface area contributed by atoms with Crippen molar-refractivity contribution in [1.82, 2.24) is 9.55 Å². The number of amides is 1. The second kappa shape index (κ2) is 7.47. The number of H-pyrrole nitrogens is 1. The monoisotopic (exact) mass is 353 g/mol. The first kappa shape index (κ1) is 17.8. The molecule has 0 aliphatic carbocycles. The topological polar surface area (TPSA) is 76.1 Å². The molecule has 2 N–H and O–H groups in total. The Labute approximate surface area is 151 Å². The van der Waals surface area contributed by atoms with Gasteiger partial charge < -0.3 is 15.0 Å². The number of imidazole rings is 1. The number of unbranched alkanes of at least 4 members (excludes halogenated alkanes) is 1. The predicted octanol–water partition coefficient (Wildman–Crippen LogP) is 3.61. The summed E-state index contributed by atoms with van der Waals surface area (Å²) >= 11 is 0. The number of hydrogen-bond donors (Lipinski definition) is 2. The van der Waals surface area contributed by atoms with Crippen LogP contribution in [0.3, 0.4) is 0 Å². The lowest BCUT2D eigenvalue weighted by atomic mass is 10.1. The molecule has 0 fully saturated rings. The van der Waals surface area contributed by atoms with Crippen molar-refractivity contribution in [1.29, 1.82) is 0 Å². The van der Waals surface area contributed by atoms with Crippen molar-refractivity contribution in [2.24, 2.45) is 7.05 Å². The third kappa shape index (κ3) is 3.64. The minimum Gasteiger partial charge on any atom is -0.494 e. The van der Waals surface area contributed by atoms with E-state index in [1.807, 2.05) is 25.1 Å². The Hall–Kier alpha value is -3.02.